The van der Waals surface area contributed by atoms with Gasteiger partial charge in [0.1, 0.15) is 11.6 Å². The monoisotopic (exact) mass is 266 g/mol. The minimum Gasteiger partial charge on any atom is -0.483 e. The number of nitrogens with one attached hydrogen (secondary N) is 1. The number of para-hydroxylation sites is 2. The maximum atomic E-state index is 5.97. The molecule has 0 aliphatic heterocycles. The number of H-pyrrole nitrogens is 1. The molecule has 0 amide bonds. The molecule has 1 N–H and O–H groups in total. The second kappa shape index (κ2) is 5.00. The summed E-state index contributed by atoms with van der Waals surface area (Å²) in [6, 6.07) is 14.2. The van der Waals surface area contributed by atoms with Crippen molar-refractivity contribution in [1.29, 1.82) is 0 Å². The van der Waals surface area contributed by atoms with Gasteiger partial charge in [-0.05, 0) is 56.2 Å². The van der Waals surface area contributed by atoms with Gasteiger partial charge in [-0.25, -0.2) is 4.98 Å². The molecule has 0 unspecified atom stereocenters. The number of aromatic amines is 1. The first-order chi connectivity index (χ1) is 9.63. The SMILES string of the molecule is Cc1ccc(O[C@H](C)c2nc3ccccc3[nH]2)cc1C. The van der Waals surface area contributed by atoms with E-state index in [2.05, 4.69) is 35.9 Å². The van der Waals surface area contributed by atoms with Crippen molar-refractivity contribution in [3.63, 3.8) is 0 Å². The summed E-state index contributed by atoms with van der Waals surface area (Å²) >= 11 is 0. The van der Waals surface area contributed by atoms with Crippen molar-refractivity contribution in [3.05, 3.63) is 59.4 Å². The Morgan fingerprint density at radius 3 is 2.60 bits per heavy atom. The highest BCUT2D eigenvalue weighted by Gasteiger charge is 2.12. The molecule has 0 aliphatic rings. The summed E-state index contributed by atoms with van der Waals surface area (Å²) in [4.78, 5) is 7.87. The van der Waals surface area contributed by atoms with Crippen molar-refractivity contribution in [3.8, 4) is 5.75 Å². The van der Waals surface area contributed by atoms with Gasteiger partial charge >= 0.3 is 0 Å². The molecule has 0 saturated heterocycles. The summed E-state index contributed by atoms with van der Waals surface area (Å²) in [5.74, 6) is 1.73. The number of aryl methyl sites for hydroxylation is 2. The van der Waals surface area contributed by atoms with E-state index < -0.39 is 0 Å². The first-order valence-electron chi connectivity index (χ1n) is 6.82. The van der Waals surface area contributed by atoms with Gasteiger partial charge in [0.05, 0.1) is 11.0 Å². The van der Waals surface area contributed by atoms with E-state index in [4.69, 9.17) is 4.74 Å². The summed E-state index contributed by atoms with van der Waals surface area (Å²) in [7, 11) is 0. The molecule has 1 atom stereocenters. The average Bonchev–Trinajstić information content (AvgIpc) is 2.87. The fourth-order valence-corrected chi connectivity index (χ4v) is 2.21. The summed E-state index contributed by atoms with van der Waals surface area (Å²) in [6.45, 7) is 6.20. The zero-order chi connectivity index (χ0) is 14.1. The largest absolute Gasteiger partial charge is 0.483 e. The second-order valence-electron chi connectivity index (χ2n) is 5.15. The molecule has 1 aromatic heterocycles. The van der Waals surface area contributed by atoms with E-state index in [9.17, 15) is 0 Å². The lowest BCUT2D eigenvalue weighted by atomic mass is 10.1. The predicted octanol–water partition coefficient (Wildman–Crippen LogP) is 4.32. The molecule has 0 bridgehead atoms. The normalized spacial score (nSPS) is 12.6. The predicted molar refractivity (Wildman–Crippen MR) is 81.1 cm³/mol. The Hall–Kier alpha value is -2.29. The number of nitrogens with zero attached hydrogens (tertiary/aromatic N) is 1. The Kier molecular flexibility index (Phi) is 3.18. The molecule has 0 aliphatic carbocycles. The van der Waals surface area contributed by atoms with Crippen LogP contribution in [0.25, 0.3) is 11.0 Å². The molecule has 2 aromatic carbocycles. The van der Waals surface area contributed by atoms with Crippen molar-refractivity contribution in [2.24, 2.45) is 0 Å². The minimum absolute atomic E-state index is 0.107. The highest BCUT2D eigenvalue weighted by Crippen LogP contribution is 2.23. The Morgan fingerprint density at radius 1 is 1.05 bits per heavy atom. The van der Waals surface area contributed by atoms with Gasteiger partial charge in [-0.2, -0.15) is 0 Å². The van der Waals surface area contributed by atoms with Gasteiger partial charge in [0.2, 0.25) is 0 Å². The van der Waals surface area contributed by atoms with Gasteiger partial charge in [0, 0.05) is 0 Å². The van der Waals surface area contributed by atoms with Gasteiger partial charge in [-0.3, -0.25) is 0 Å². The molecule has 102 valence electrons. The van der Waals surface area contributed by atoms with Crippen molar-refractivity contribution in [1.82, 2.24) is 9.97 Å². The fraction of sp³-hybridized carbons (Fsp3) is 0.235. The van der Waals surface area contributed by atoms with Crippen molar-refractivity contribution in [2.45, 2.75) is 26.9 Å². The third-order valence-corrected chi connectivity index (χ3v) is 3.58. The number of benzene rings is 2. The highest BCUT2D eigenvalue weighted by atomic mass is 16.5. The molecule has 3 heteroatoms. The summed E-state index contributed by atoms with van der Waals surface area (Å²) < 4.78 is 5.97. The van der Waals surface area contributed by atoms with E-state index in [0.717, 1.165) is 22.6 Å². The zero-order valence-corrected chi connectivity index (χ0v) is 12.0. The van der Waals surface area contributed by atoms with E-state index in [1.807, 2.05) is 37.3 Å². The fourth-order valence-electron chi connectivity index (χ4n) is 2.21. The van der Waals surface area contributed by atoms with Crippen LogP contribution in [0.5, 0.6) is 5.75 Å². The van der Waals surface area contributed by atoms with E-state index in [1.54, 1.807) is 0 Å². The van der Waals surface area contributed by atoms with Gasteiger partial charge in [-0.15, -0.1) is 0 Å². The van der Waals surface area contributed by atoms with Crippen molar-refractivity contribution < 1.29 is 4.74 Å². The first-order valence-corrected chi connectivity index (χ1v) is 6.82. The number of imidazole rings is 1. The zero-order valence-electron chi connectivity index (χ0n) is 12.0. The van der Waals surface area contributed by atoms with Crippen LogP contribution in [0.3, 0.4) is 0 Å². The molecular formula is C17H18N2O. The van der Waals surface area contributed by atoms with E-state index in [-0.39, 0.29) is 6.10 Å². The first kappa shape index (κ1) is 12.7. The number of ether oxygens (including phenoxy) is 1. The lowest BCUT2D eigenvalue weighted by molar-refractivity contribution is 0.218. The van der Waals surface area contributed by atoms with Gasteiger partial charge in [0.25, 0.3) is 0 Å². The molecule has 0 radical (unpaired) electrons. The molecule has 20 heavy (non-hydrogen) atoms. The minimum atomic E-state index is -0.107. The molecule has 0 spiro atoms. The van der Waals surface area contributed by atoms with Crippen LogP contribution in [-0.2, 0) is 0 Å². The second-order valence-corrected chi connectivity index (χ2v) is 5.15. The molecule has 3 rings (SSSR count). The Balaban J connectivity index is 1.84. The quantitative estimate of drug-likeness (QED) is 0.766. The third kappa shape index (κ3) is 2.39. The summed E-state index contributed by atoms with van der Waals surface area (Å²) in [6.07, 6.45) is -0.107. The van der Waals surface area contributed by atoms with Crippen LogP contribution in [0.2, 0.25) is 0 Å². The number of rotatable bonds is 3. The van der Waals surface area contributed by atoms with Gasteiger partial charge < -0.3 is 9.72 Å². The van der Waals surface area contributed by atoms with Crippen molar-refractivity contribution >= 4 is 11.0 Å². The van der Waals surface area contributed by atoms with Gasteiger partial charge in [0.15, 0.2) is 6.10 Å². The van der Waals surface area contributed by atoms with Crippen LogP contribution < -0.4 is 4.74 Å². The van der Waals surface area contributed by atoms with Crippen LogP contribution in [0.1, 0.15) is 30.0 Å². The van der Waals surface area contributed by atoms with Crippen LogP contribution in [0, 0.1) is 13.8 Å². The lowest BCUT2D eigenvalue weighted by Gasteiger charge is -2.13. The average molecular weight is 266 g/mol. The summed E-state index contributed by atoms with van der Waals surface area (Å²) in [5, 5.41) is 0. The molecule has 0 fully saturated rings. The highest BCUT2D eigenvalue weighted by molar-refractivity contribution is 5.74. The standard InChI is InChI=1S/C17H18N2O/c1-11-8-9-14(10-12(11)2)20-13(3)17-18-15-6-4-5-7-16(15)19-17/h4-10,13H,1-3H3,(H,18,19)/t13-/m1/s1. The number of hydrogen-bond acceptors (Lipinski definition) is 2. The number of hydrogen-bond donors (Lipinski definition) is 1. The van der Waals surface area contributed by atoms with Crippen LogP contribution in [0.15, 0.2) is 42.5 Å². The van der Waals surface area contributed by atoms with E-state index in [1.165, 1.54) is 11.1 Å². The van der Waals surface area contributed by atoms with Crippen LogP contribution in [0.4, 0.5) is 0 Å². The van der Waals surface area contributed by atoms with E-state index >= 15 is 0 Å². The van der Waals surface area contributed by atoms with E-state index in [0.29, 0.717) is 0 Å². The van der Waals surface area contributed by atoms with Crippen LogP contribution in [-0.4, -0.2) is 9.97 Å². The Labute approximate surface area is 118 Å². The van der Waals surface area contributed by atoms with Crippen LogP contribution >= 0.6 is 0 Å². The smallest absolute Gasteiger partial charge is 0.153 e. The maximum absolute atomic E-state index is 5.97. The van der Waals surface area contributed by atoms with Crippen molar-refractivity contribution in [2.75, 3.05) is 0 Å². The Morgan fingerprint density at radius 2 is 1.85 bits per heavy atom. The molecule has 3 aromatic rings. The summed E-state index contributed by atoms with van der Waals surface area (Å²) in [5.41, 5.74) is 4.52. The topological polar surface area (TPSA) is 37.9 Å². The number of aromatic nitrogens is 2. The van der Waals surface area contributed by atoms with Gasteiger partial charge in [-0.1, -0.05) is 18.2 Å². The lowest BCUT2D eigenvalue weighted by Crippen LogP contribution is -2.05. The third-order valence-electron chi connectivity index (χ3n) is 3.58. The molecular weight excluding hydrogens is 248 g/mol. The molecule has 3 nitrogen and oxygen atoms in total. The number of fused-ring (bicyclic) bond motifs is 1. The maximum Gasteiger partial charge on any atom is 0.153 e. The Bertz CT molecular complexity index is 713. The molecule has 1 heterocycles. The molecule has 0 saturated carbocycles.